The molecule has 47 heavy (non-hydrogen) atoms. The monoisotopic (exact) mass is 604 g/mol. The number of hydrogen-bond acceptors (Lipinski definition) is 6. The first-order chi connectivity index (χ1) is 23.3. The maximum absolute atomic E-state index is 6.26. The third-order valence-electron chi connectivity index (χ3n) is 8.82. The average molecular weight is 605 g/mol. The number of fused-ring (bicyclic) bond motifs is 10. The van der Waals surface area contributed by atoms with Crippen molar-refractivity contribution in [1.82, 2.24) is 24.5 Å². The molecule has 0 spiro atoms. The highest BCUT2D eigenvalue weighted by atomic mass is 16.3. The Morgan fingerprint density at radius 2 is 1.13 bits per heavy atom. The van der Waals surface area contributed by atoms with E-state index in [0.717, 1.165) is 66.6 Å². The Hall–Kier alpha value is -6.60. The van der Waals surface area contributed by atoms with Crippen LogP contribution in [0.5, 0.6) is 0 Å². The second kappa shape index (κ2) is 9.95. The van der Waals surface area contributed by atoms with Crippen LogP contribution in [0.1, 0.15) is 0 Å². The average Bonchev–Trinajstić information content (AvgIpc) is 3.68. The maximum Gasteiger partial charge on any atom is 0.241 e. The first-order valence-corrected chi connectivity index (χ1v) is 15.5. The summed E-state index contributed by atoms with van der Waals surface area (Å²) < 4.78 is 8.47. The Morgan fingerprint density at radius 3 is 2.02 bits per heavy atom. The molecule has 0 fully saturated rings. The molecule has 9 aromatic rings. The summed E-state index contributed by atoms with van der Waals surface area (Å²) in [5.74, 6) is 2.28. The van der Waals surface area contributed by atoms with Gasteiger partial charge in [-0.15, -0.1) is 0 Å². The minimum absolute atomic E-state index is 0.468. The first kappa shape index (κ1) is 25.7. The van der Waals surface area contributed by atoms with Gasteiger partial charge in [-0.2, -0.15) is 9.97 Å². The van der Waals surface area contributed by atoms with Gasteiger partial charge in [0.2, 0.25) is 11.9 Å². The van der Waals surface area contributed by atoms with Crippen molar-refractivity contribution in [2.75, 3.05) is 4.90 Å². The molecule has 0 N–H and O–H groups in total. The second-order valence-electron chi connectivity index (χ2n) is 11.5. The zero-order chi connectivity index (χ0) is 30.9. The molecular weight excluding hydrogens is 580 g/mol. The van der Waals surface area contributed by atoms with Gasteiger partial charge in [-0.05, 0) is 36.4 Å². The Balaban J connectivity index is 1.32. The molecule has 7 heteroatoms. The zero-order valence-electron chi connectivity index (χ0n) is 24.9. The molecule has 1 aliphatic heterocycles. The van der Waals surface area contributed by atoms with Gasteiger partial charge in [0.1, 0.15) is 11.2 Å². The normalized spacial score (nSPS) is 12.2. The molecule has 0 aliphatic carbocycles. The smallest absolute Gasteiger partial charge is 0.241 e. The minimum atomic E-state index is 0.468. The molecule has 10 rings (SSSR count). The van der Waals surface area contributed by atoms with E-state index in [9.17, 15) is 0 Å². The summed E-state index contributed by atoms with van der Waals surface area (Å²) in [6.07, 6.45) is 0. The zero-order valence-corrected chi connectivity index (χ0v) is 24.9. The summed E-state index contributed by atoms with van der Waals surface area (Å²) in [5, 5.41) is 1.98. The number of aromatic nitrogens is 5. The van der Waals surface area contributed by atoms with Crippen molar-refractivity contribution in [3.05, 3.63) is 146 Å². The van der Waals surface area contributed by atoms with Crippen LogP contribution in [0.15, 0.2) is 150 Å². The number of hydrogen-bond donors (Lipinski definition) is 0. The molecule has 0 saturated heterocycles. The van der Waals surface area contributed by atoms with Crippen molar-refractivity contribution in [3.8, 4) is 39.6 Å². The molecular formula is C40H24N6O. The highest BCUT2D eigenvalue weighted by molar-refractivity contribution is 6.11. The minimum Gasteiger partial charge on any atom is -0.456 e. The number of benzene rings is 6. The van der Waals surface area contributed by atoms with E-state index in [1.807, 2.05) is 84.9 Å². The van der Waals surface area contributed by atoms with E-state index in [0.29, 0.717) is 23.5 Å². The summed E-state index contributed by atoms with van der Waals surface area (Å²) in [6, 6.07) is 49.2. The van der Waals surface area contributed by atoms with E-state index in [4.69, 9.17) is 24.4 Å². The van der Waals surface area contributed by atoms with Crippen LogP contribution in [0.25, 0.3) is 72.6 Å². The van der Waals surface area contributed by atoms with E-state index in [1.54, 1.807) is 0 Å². The summed E-state index contributed by atoms with van der Waals surface area (Å²) in [4.78, 5) is 22.9. The molecule has 0 bridgehead atoms. The standard InChI is InChI=1S/C40H24N6O/c1-2-13-25(14-3-1)37-42-38(29-18-12-24-35-36(29)28-17-6-11-23-34(28)47-35)44-39(43-37)46-32-21-9-5-16-27(32)26-15-4-8-20-31(26)45-33-22-10-7-19-30(33)41-40(45)46/h1-24H. The van der Waals surface area contributed by atoms with Crippen molar-refractivity contribution in [2.24, 2.45) is 0 Å². The van der Waals surface area contributed by atoms with Crippen LogP contribution in [-0.4, -0.2) is 24.5 Å². The molecule has 4 heterocycles. The van der Waals surface area contributed by atoms with E-state index in [-0.39, 0.29) is 0 Å². The Kier molecular flexibility index (Phi) is 5.44. The van der Waals surface area contributed by atoms with Crippen LogP contribution in [0, 0.1) is 0 Å². The van der Waals surface area contributed by atoms with Gasteiger partial charge in [-0.25, -0.2) is 14.9 Å². The van der Waals surface area contributed by atoms with Gasteiger partial charge < -0.3 is 4.42 Å². The maximum atomic E-state index is 6.26. The number of anilines is 3. The SMILES string of the molecule is c1ccc(-c2nc(-c3cccc4oc5ccccc5c34)nc(N3c4ccccc4-c4ccccc4-n4c3nc3ccccc34)n2)cc1. The molecule has 0 amide bonds. The molecule has 3 aromatic heterocycles. The second-order valence-corrected chi connectivity index (χ2v) is 11.5. The Morgan fingerprint density at radius 1 is 0.468 bits per heavy atom. The third kappa shape index (κ3) is 3.87. The highest BCUT2D eigenvalue weighted by Crippen LogP contribution is 2.47. The van der Waals surface area contributed by atoms with E-state index in [2.05, 4.69) is 70.1 Å². The summed E-state index contributed by atoms with van der Waals surface area (Å²) in [7, 11) is 0. The molecule has 1 aliphatic rings. The van der Waals surface area contributed by atoms with Crippen molar-refractivity contribution >= 4 is 50.6 Å². The molecule has 0 atom stereocenters. The van der Waals surface area contributed by atoms with Gasteiger partial charge in [0.05, 0.1) is 22.4 Å². The van der Waals surface area contributed by atoms with Gasteiger partial charge in [0.25, 0.3) is 0 Å². The van der Waals surface area contributed by atoms with Crippen molar-refractivity contribution in [2.45, 2.75) is 0 Å². The third-order valence-corrected chi connectivity index (χ3v) is 8.82. The van der Waals surface area contributed by atoms with E-state index >= 15 is 0 Å². The van der Waals surface area contributed by atoms with Crippen molar-refractivity contribution < 1.29 is 4.42 Å². The van der Waals surface area contributed by atoms with Crippen LogP contribution in [0.2, 0.25) is 0 Å². The van der Waals surface area contributed by atoms with Gasteiger partial charge in [0, 0.05) is 33.0 Å². The predicted octanol–water partition coefficient (Wildman–Crippen LogP) is 9.89. The van der Waals surface area contributed by atoms with Crippen LogP contribution >= 0.6 is 0 Å². The van der Waals surface area contributed by atoms with Gasteiger partial charge in [-0.3, -0.25) is 4.57 Å². The lowest BCUT2D eigenvalue weighted by Crippen LogP contribution is -2.18. The quantitative estimate of drug-likeness (QED) is 0.200. The van der Waals surface area contributed by atoms with Crippen LogP contribution in [0.4, 0.5) is 17.6 Å². The fraction of sp³-hybridized carbons (Fsp3) is 0. The van der Waals surface area contributed by atoms with Crippen LogP contribution in [0.3, 0.4) is 0 Å². The summed E-state index contributed by atoms with van der Waals surface area (Å²) in [6.45, 7) is 0. The molecule has 220 valence electrons. The van der Waals surface area contributed by atoms with Crippen molar-refractivity contribution in [1.29, 1.82) is 0 Å². The number of imidazole rings is 1. The first-order valence-electron chi connectivity index (χ1n) is 15.5. The lowest BCUT2D eigenvalue weighted by Gasteiger charge is -2.23. The highest BCUT2D eigenvalue weighted by Gasteiger charge is 2.31. The van der Waals surface area contributed by atoms with Crippen molar-refractivity contribution in [3.63, 3.8) is 0 Å². The molecule has 6 aromatic carbocycles. The lowest BCUT2D eigenvalue weighted by molar-refractivity contribution is 0.669. The fourth-order valence-electron chi connectivity index (χ4n) is 6.76. The summed E-state index contributed by atoms with van der Waals surface area (Å²) in [5.41, 5.74) is 9.37. The van der Waals surface area contributed by atoms with Crippen LogP contribution in [-0.2, 0) is 0 Å². The molecule has 0 saturated carbocycles. The van der Waals surface area contributed by atoms with Crippen LogP contribution < -0.4 is 4.90 Å². The topological polar surface area (TPSA) is 72.9 Å². The number of nitrogens with zero attached hydrogens (tertiary/aromatic N) is 6. The fourth-order valence-corrected chi connectivity index (χ4v) is 6.76. The largest absolute Gasteiger partial charge is 0.456 e. The molecule has 0 unspecified atom stereocenters. The van der Waals surface area contributed by atoms with Gasteiger partial charge in [0.15, 0.2) is 11.6 Å². The van der Waals surface area contributed by atoms with Gasteiger partial charge in [-0.1, -0.05) is 109 Å². The Labute approximate surface area is 269 Å². The lowest BCUT2D eigenvalue weighted by atomic mass is 10.0. The summed E-state index contributed by atoms with van der Waals surface area (Å²) >= 11 is 0. The number of furan rings is 1. The number of para-hydroxylation sites is 5. The molecule has 7 nitrogen and oxygen atoms in total. The molecule has 0 radical (unpaired) electrons. The van der Waals surface area contributed by atoms with Gasteiger partial charge >= 0.3 is 0 Å². The predicted molar refractivity (Wildman–Crippen MR) is 186 cm³/mol. The van der Waals surface area contributed by atoms with E-state index < -0.39 is 0 Å². The Bertz CT molecular complexity index is 2660. The number of rotatable bonds is 3. The van der Waals surface area contributed by atoms with E-state index in [1.165, 1.54) is 0 Å².